The first-order valence-electron chi connectivity index (χ1n) is 6.59. The van der Waals surface area contributed by atoms with E-state index in [0.29, 0.717) is 11.3 Å². The van der Waals surface area contributed by atoms with Crippen molar-refractivity contribution in [2.75, 3.05) is 25.4 Å². The van der Waals surface area contributed by atoms with Crippen molar-refractivity contribution in [3.63, 3.8) is 0 Å². The Labute approximate surface area is 112 Å². The van der Waals surface area contributed by atoms with Crippen LogP contribution in [-0.2, 0) is 4.79 Å². The van der Waals surface area contributed by atoms with Crippen LogP contribution in [0.5, 0.6) is 0 Å². The zero-order valence-electron chi connectivity index (χ0n) is 10.9. The summed E-state index contributed by atoms with van der Waals surface area (Å²) in [5.41, 5.74) is 6.55. The summed E-state index contributed by atoms with van der Waals surface area (Å²) < 4.78 is 0. The average Bonchev–Trinajstić information content (AvgIpc) is 2.46. The molecule has 0 bridgehead atoms. The van der Waals surface area contributed by atoms with Gasteiger partial charge in [-0.3, -0.25) is 9.59 Å². The molecule has 2 rings (SSSR count). The molecule has 0 spiro atoms. The average molecular weight is 261 g/mol. The number of hydrogen-bond acceptors (Lipinski definition) is 3. The van der Waals surface area contributed by atoms with Gasteiger partial charge in [0.15, 0.2) is 0 Å². The Balaban J connectivity index is 1.86. The second-order valence-corrected chi connectivity index (χ2v) is 4.71. The lowest BCUT2D eigenvalue weighted by Crippen LogP contribution is -2.42. The van der Waals surface area contributed by atoms with E-state index in [9.17, 15) is 9.59 Å². The van der Waals surface area contributed by atoms with Crippen LogP contribution in [0.3, 0.4) is 0 Å². The molecule has 0 radical (unpaired) electrons. The van der Waals surface area contributed by atoms with Gasteiger partial charge >= 0.3 is 0 Å². The number of carbonyl (C=O) groups excluding carboxylic acids is 2. The number of benzene rings is 1. The molecule has 1 fully saturated rings. The Morgan fingerprint density at radius 2 is 1.84 bits per heavy atom. The number of nitrogens with zero attached hydrogens (tertiary/aromatic N) is 1. The van der Waals surface area contributed by atoms with Crippen molar-refractivity contribution in [2.45, 2.75) is 19.3 Å². The highest BCUT2D eigenvalue weighted by molar-refractivity contribution is 6.00. The van der Waals surface area contributed by atoms with E-state index in [4.69, 9.17) is 5.73 Å². The number of piperidine rings is 1. The van der Waals surface area contributed by atoms with Gasteiger partial charge in [0.1, 0.15) is 0 Å². The van der Waals surface area contributed by atoms with Crippen LogP contribution in [-0.4, -0.2) is 36.3 Å². The van der Waals surface area contributed by atoms with Gasteiger partial charge in [-0.15, -0.1) is 0 Å². The lowest BCUT2D eigenvalue weighted by atomic mass is 10.1. The fourth-order valence-corrected chi connectivity index (χ4v) is 2.21. The van der Waals surface area contributed by atoms with Crippen LogP contribution < -0.4 is 11.1 Å². The molecule has 0 aromatic heterocycles. The highest BCUT2D eigenvalue weighted by Crippen LogP contribution is 2.10. The van der Waals surface area contributed by atoms with Crippen molar-refractivity contribution in [3.8, 4) is 0 Å². The number of rotatable bonds is 3. The fraction of sp³-hybridized carbons (Fsp3) is 0.429. The van der Waals surface area contributed by atoms with Crippen molar-refractivity contribution >= 4 is 17.5 Å². The van der Waals surface area contributed by atoms with E-state index in [2.05, 4.69) is 5.32 Å². The van der Waals surface area contributed by atoms with E-state index < -0.39 is 0 Å². The van der Waals surface area contributed by atoms with Crippen LogP contribution >= 0.6 is 0 Å². The molecule has 102 valence electrons. The van der Waals surface area contributed by atoms with Gasteiger partial charge in [-0.2, -0.15) is 0 Å². The molecule has 0 aliphatic carbocycles. The molecule has 1 saturated heterocycles. The number of anilines is 1. The SMILES string of the molecule is Nc1ccccc1C(=O)NCC(=O)N1CCCCC1. The fourth-order valence-electron chi connectivity index (χ4n) is 2.21. The third-order valence-electron chi connectivity index (χ3n) is 3.31. The number of hydrogen-bond donors (Lipinski definition) is 2. The van der Waals surface area contributed by atoms with E-state index in [1.807, 2.05) is 0 Å². The summed E-state index contributed by atoms with van der Waals surface area (Å²) in [6.07, 6.45) is 3.27. The summed E-state index contributed by atoms with van der Waals surface area (Å²) in [6.45, 7) is 1.62. The summed E-state index contributed by atoms with van der Waals surface area (Å²) in [5.74, 6) is -0.328. The number of nitrogens with one attached hydrogen (secondary N) is 1. The minimum absolute atomic E-state index is 0.0254. The van der Waals surface area contributed by atoms with E-state index in [0.717, 1.165) is 25.9 Å². The Morgan fingerprint density at radius 1 is 1.16 bits per heavy atom. The van der Waals surface area contributed by atoms with Crippen molar-refractivity contribution in [1.29, 1.82) is 0 Å². The molecular formula is C14H19N3O2. The van der Waals surface area contributed by atoms with Crippen molar-refractivity contribution in [1.82, 2.24) is 10.2 Å². The number of likely N-dealkylation sites (tertiary alicyclic amines) is 1. The highest BCUT2D eigenvalue weighted by Gasteiger charge is 2.17. The Hall–Kier alpha value is -2.04. The first-order chi connectivity index (χ1) is 9.18. The number of amides is 2. The zero-order chi connectivity index (χ0) is 13.7. The maximum Gasteiger partial charge on any atom is 0.253 e. The van der Waals surface area contributed by atoms with Gasteiger partial charge in [0, 0.05) is 18.8 Å². The van der Waals surface area contributed by atoms with Crippen molar-refractivity contribution in [3.05, 3.63) is 29.8 Å². The second-order valence-electron chi connectivity index (χ2n) is 4.71. The molecule has 0 unspecified atom stereocenters. The molecule has 5 nitrogen and oxygen atoms in total. The minimum Gasteiger partial charge on any atom is -0.398 e. The lowest BCUT2D eigenvalue weighted by Gasteiger charge is -2.26. The lowest BCUT2D eigenvalue weighted by molar-refractivity contribution is -0.130. The Kier molecular flexibility index (Phi) is 4.39. The molecule has 2 amide bonds. The van der Waals surface area contributed by atoms with E-state index >= 15 is 0 Å². The normalized spacial score (nSPS) is 15.1. The molecule has 1 aliphatic rings. The van der Waals surface area contributed by atoms with Gasteiger partial charge in [-0.25, -0.2) is 0 Å². The molecule has 1 heterocycles. The molecule has 1 aromatic carbocycles. The van der Waals surface area contributed by atoms with Crippen LogP contribution in [0, 0.1) is 0 Å². The van der Waals surface area contributed by atoms with Crippen LogP contribution in [0.15, 0.2) is 24.3 Å². The molecule has 1 aromatic rings. The van der Waals surface area contributed by atoms with Gasteiger partial charge in [0.05, 0.1) is 12.1 Å². The smallest absolute Gasteiger partial charge is 0.253 e. The number of nitrogen functional groups attached to an aromatic ring is 1. The van der Waals surface area contributed by atoms with Gasteiger partial charge in [-0.1, -0.05) is 12.1 Å². The van der Waals surface area contributed by atoms with Gasteiger partial charge in [-0.05, 0) is 31.4 Å². The summed E-state index contributed by atoms with van der Waals surface area (Å²) in [4.78, 5) is 25.6. The van der Waals surface area contributed by atoms with E-state index in [1.54, 1.807) is 29.2 Å². The van der Waals surface area contributed by atoms with Crippen LogP contribution in [0.1, 0.15) is 29.6 Å². The maximum absolute atomic E-state index is 11.9. The van der Waals surface area contributed by atoms with Crippen LogP contribution in [0.4, 0.5) is 5.69 Å². The Morgan fingerprint density at radius 3 is 2.53 bits per heavy atom. The molecule has 5 heteroatoms. The summed E-state index contributed by atoms with van der Waals surface area (Å²) in [6, 6.07) is 6.83. The summed E-state index contributed by atoms with van der Waals surface area (Å²) in [5, 5.41) is 2.63. The van der Waals surface area contributed by atoms with Gasteiger partial charge < -0.3 is 16.0 Å². The van der Waals surface area contributed by atoms with Crippen molar-refractivity contribution < 1.29 is 9.59 Å². The van der Waals surface area contributed by atoms with E-state index in [-0.39, 0.29) is 18.4 Å². The van der Waals surface area contributed by atoms with Crippen LogP contribution in [0.2, 0.25) is 0 Å². The molecular weight excluding hydrogens is 242 g/mol. The third-order valence-corrected chi connectivity index (χ3v) is 3.31. The molecule has 19 heavy (non-hydrogen) atoms. The monoisotopic (exact) mass is 261 g/mol. The maximum atomic E-state index is 11.9. The number of nitrogens with two attached hydrogens (primary N) is 1. The highest BCUT2D eigenvalue weighted by atomic mass is 16.2. The molecule has 3 N–H and O–H groups in total. The largest absolute Gasteiger partial charge is 0.398 e. The quantitative estimate of drug-likeness (QED) is 0.797. The molecule has 0 saturated carbocycles. The zero-order valence-corrected chi connectivity index (χ0v) is 10.9. The van der Waals surface area contributed by atoms with E-state index in [1.165, 1.54) is 6.42 Å². The standard InChI is InChI=1S/C14H19N3O2/c15-12-7-3-2-6-11(12)14(19)16-10-13(18)17-8-4-1-5-9-17/h2-3,6-7H,1,4-5,8-10,15H2,(H,16,19). The Bertz CT molecular complexity index is 468. The van der Waals surface area contributed by atoms with Crippen molar-refractivity contribution in [2.24, 2.45) is 0 Å². The molecule has 0 atom stereocenters. The number of para-hydroxylation sites is 1. The molecule has 1 aliphatic heterocycles. The van der Waals surface area contributed by atoms with Gasteiger partial charge in [0.2, 0.25) is 5.91 Å². The topological polar surface area (TPSA) is 75.4 Å². The first-order valence-corrected chi connectivity index (χ1v) is 6.59. The summed E-state index contributed by atoms with van der Waals surface area (Å²) in [7, 11) is 0. The minimum atomic E-state index is -0.302. The van der Waals surface area contributed by atoms with Crippen LogP contribution in [0.25, 0.3) is 0 Å². The predicted molar refractivity (Wildman–Crippen MR) is 73.6 cm³/mol. The first kappa shape index (κ1) is 13.4. The van der Waals surface area contributed by atoms with Gasteiger partial charge in [0.25, 0.3) is 5.91 Å². The summed E-state index contributed by atoms with van der Waals surface area (Å²) >= 11 is 0. The number of carbonyl (C=O) groups is 2. The predicted octanol–water partition coefficient (Wildman–Crippen LogP) is 1.01. The third kappa shape index (κ3) is 3.47. The second kappa shape index (κ2) is 6.22.